The van der Waals surface area contributed by atoms with Crippen molar-refractivity contribution in [3.8, 4) is 0 Å². The van der Waals surface area contributed by atoms with Crippen LogP contribution in [0.15, 0.2) is 30.5 Å². The van der Waals surface area contributed by atoms with E-state index in [9.17, 15) is 22.8 Å². The normalized spacial score (nSPS) is 18.6. The van der Waals surface area contributed by atoms with Crippen LogP contribution in [0, 0.1) is 17.6 Å². The number of carbonyl (C=O) groups is 2. The molecule has 5 nitrogen and oxygen atoms in total. The van der Waals surface area contributed by atoms with Crippen LogP contribution in [-0.4, -0.2) is 23.0 Å². The molecule has 2 atom stereocenters. The Morgan fingerprint density at radius 1 is 1.16 bits per heavy atom. The topological polar surface area (TPSA) is 71.1 Å². The van der Waals surface area contributed by atoms with Gasteiger partial charge in [0.2, 0.25) is 5.91 Å². The summed E-state index contributed by atoms with van der Waals surface area (Å²) in [6.07, 6.45) is 0.301. The highest BCUT2D eigenvalue weighted by Crippen LogP contribution is 2.34. The predicted octanol–water partition coefficient (Wildman–Crippen LogP) is 3.56. The number of halogens is 4. The van der Waals surface area contributed by atoms with Crippen molar-refractivity contribution in [2.75, 3.05) is 10.6 Å². The molecule has 130 valence electrons. The average molecular weight is 370 g/mol. The van der Waals surface area contributed by atoms with E-state index in [4.69, 9.17) is 11.6 Å². The number of nitrogens with one attached hydrogen (secondary N) is 2. The minimum Gasteiger partial charge on any atom is -0.322 e. The summed E-state index contributed by atoms with van der Waals surface area (Å²) in [6.45, 7) is 0. The molecule has 9 heteroatoms. The van der Waals surface area contributed by atoms with Crippen LogP contribution in [0.5, 0.6) is 0 Å². The van der Waals surface area contributed by atoms with Crippen LogP contribution in [0.4, 0.5) is 24.7 Å². The smallest absolute Gasteiger partial charge is 0.260 e. The van der Waals surface area contributed by atoms with Crippen molar-refractivity contribution >= 4 is 34.9 Å². The van der Waals surface area contributed by atoms with Crippen LogP contribution in [-0.2, 0) is 4.79 Å². The maximum atomic E-state index is 13.8. The Bertz CT molecular complexity index is 863. The number of alkyl halides is 1. The molecule has 0 spiro atoms. The fourth-order valence-electron chi connectivity index (χ4n) is 2.16. The Kier molecular flexibility index (Phi) is 4.63. The number of benzene rings is 1. The van der Waals surface area contributed by atoms with Gasteiger partial charge in [0.1, 0.15) is 23.6 Å². The molecule has 0 radical (unpaired) electrons. The van der Waals surface area contributed by atoms with Crippen molar-refractivity contribution in [2.45, 2.75) is 12.6 Å². The Morgan fingerprint density at radius 2 is 1.84 bits per heavy atom. The van der Waals surface area contributed by atoms with E-state index in [1.54, 1.807) is 0 Å². The monoisotopic (exact) mass is 369 g/mol. The number of carbonyl (C=O) groups excluding carboxylic acids is 2. The molecular formula is C16H11ClF3N3O2. The first-order valence-electron chi connectivity index (χ1n) is 7.22. The molecule has 0 unspecified atom stereocenters. The van der Waals surface area contributed by atoms with E-state index in [1.807, 2.05) is 0 Å². The first-order valence-corrected chi connectivity index (χ1v) is 7.60. The molecule has 1 aromatic heterocycles. The van der Waals surface area contributed by atoms with Gasteiger partial charge in [-0.3, -0.25) is 9.59 Å². The fraction of sp³-hybridized carbons (Fsp3) is 0.188. The second kappa shape index (κ2) is 6.72. The number of hydrogen-bond acceptors (Lipinski definition) is 3. The van der Waals surface area contributed by atoms with Crippen LogP contribution < -0.4 is 10.6 Å². The van der Waals surface area contributed by atoms with Gasteiger partial charge in [-0.05, 0) is 24.6 Å². The van der Waals surface area contributed by atoms with Crippen molar-refractivity contribution < 1.29 is 22.8 Å². The quantitative estimate of drug-likeness (QED) is 0.809. The Hall–Kier alpha value is -2.61. The highest BCUT2D eigenvalue weighted by molar-refractivity contribution is 6.34. The second-order valence-corrected chi connectivity index (χ2v) is 5.83. The number of hydrogen-bond donors (Lipinski definition) is 2. The van der Waals surface area contributed by atoms with Crippen molar-refractivity contribution in [1.29, 1.82) is 0 Å². The summed E-state index contributed by atoms with van der Waals surface area (Å²) in [6, 6.07) is 4.28. The average Bonchev–Trinajstić information content (AvgIpc) is 3.29. The maximum absolute atomic E-state index is 13.8. The number of amides is 2. The van der Waals surface area contributed by atoms with E-state index < -0.39 is 46.1 Å². The first-order chi connectivity index (χ1) is 11.9. The second-order valence-electron chi connectivity index (χ2n) is 5.45. The van der Waals surface area contributed by atoms with Crippen LogP contribution in [0.1, 0.15) is 16.8 Å². The summed E-state index contributed by atoms with van der Waals surface area (Å²) < 4.78 is 40.0. The van der Waals surface area contributed by atoms with Gasteiger partial charge in [-0.25, -0.2) is 18.2 Å². The largest absolute Gasteiger partial charge is 0.322 e. The SMILES string of the molecule is O=C(Nc1ccnc(NC(=O)[C@@H]2C[C@@H]2F)c1)c1c(F)ccc(F)c1Cl. The molecule has 1 aromatic carbocycles. The number of pyridine rings is 1. The molecule has 25 heavy (non-hydrogen) atoms. The van der Waals surface area contributed by atoms with E-state index in [0.29, 0.717) is 0 Å². The molecule has 1 aliphatic carbocycles. The van der Waals surface area contributed by atoms with E-state index in [1.165, 1.54) is 18.3 Å². The Balaban J connectivity index is 1.75. The lowest BCUT2D eigenvalue weighted by Crippen LogP contribution is -2.17. The van der Waals surface area contributed by atoms with Crippen LogP contribution in [0.3, 0.4) is 0 Å². The molecule has 2 amide bonds. The van der Waals surface area contributed by atoms with Gasteiger partial charge < -0.3 is 10.6 Å². The summed E-state index contributed by atoms with van der Waals surface area (Å²) in [7, 11) is 0. The van der Waals surface area contributed by atoms with E-state index in [0.717, 1.165) is 12.1 Å². The van der Waals surface area contributed by atoms with Gasteiger partial charge in [-0.1, -0.05) is 11.6 Å². The minimum atomic E-state index is -1.15. The number of aromatic nitrogens is 1. The van der Waals surface area contributed by atoms with Crippen LogP contribution in [0.2, 0.25) is 5.02 Å². The molecule has 0 aliphatic heterocycles. The molecule has 3 rings (SSSR count). The third-order valence-corrected chi connectivity index (χ3v) is 3.96. The predicted molar refractivity (Wildman–Crippen MR) is 85.2 cm³/mol. The van der Waals surface area contributed by atoms with Gasteiger partial charge in [0.05, 0.1) is 16.5 Å². The van der Waals surface area contributed by atoms with Crippen molar-refractivity contribution in [3.63, 3.8) is 0 Å². The maximum Gasteiger partial charge on any atom is 0.260 e. The van der Waals surface area contributed by atoms with Gasteiger partial charge in [0, 0.05) is 18.0 Å². The zero-order valence-electron chi connectivity index (χ0n) is 12.5. The van der Waals surface area contributed by atoms with Gasteiger partial charge >= 0.3 is 0 Å². The molecule has 1 heterocycles. The van der Waals surface area contributed by atoms with Gasteiger partial charge in [-0.2, -0.15) is 0 Å². The third-order valence-electron chi connectivity index (χ3n) is 3.59. The summed E-state index contributed by atoms with van der Waals surface area (Å²) >= 11 is 5.63. The molecule has 1 fully saturated rings. The molecular weight excluding hydrogens is 359 g/mol. The van der Waals surface area contributed by atoms with E-state index in [-0.39, 0.29) is 17.9 Å². The molecule has 1 saturated carbocycles. The van der Waals surface area contributed by atoms with Gasteiger partial charge in [0.15, 0.2) is 0 Å². The molecule has 2 aromatic rings. The molecule has 2 N–H and O–H groups in total. The zero-order chi connectivity index (χ0) is 18.1. The number of anilines is 2. The highest BCUT2D eigenvalue weighted by Gasteiger charge is 2.43. The third kappa shape index (κ3) is 3.74. The Morgan fingerprint density at radius 3 is 2.52 bits per heavy atom. The van der Waals surface area contributed by atoms with E-state index in [2.05, 4.69) is 15.6 Å². The molecule has 1 aliphatic rings. The summed E-state index contributed by atoms with van der Waals surface area (Å²) in [5.74, 6) is -3.98. The zero-order valence-corrected chi connectivity index (χ0v) is 13.3. The van der Waals surface area contributed by atoms with Crippen molar-refractivity contribution in [3.05, 3.63) is 52.7 Å². The number of nitrogens with zero attached hydrogens (tertiary/aromatic N) is 1. The van der Waals surface area contributed by atoms with Gasteiger partial charge in [-0.15, -0.1) is 0 Å². The van der Waals surface area contributed by atoms with Crippen LogP contribution >= 0.6 is 11.6 Å². The van der Waals surface area contributed by atoms with Crippen molar-refractivity contribution in [1.82, 2.24) is 4.98 Å². The summed E-state index contributed by atoms with van der Waals surface area (Å²) in [5, 5.41) is 4.12. The molecule has 0 bridgehead atoms. The van der Waals surface area contributed by atoms with E-state index >= 15 is 0 Å². The van der Waals surface area contributed by atoms with Crippen LogP contribution in [0.25, 0.3) is 0 Å². The Labute approximate surface area is 145 Å². The summed E-state index contributed by atoms with van der Waals surface area (Å²) in [5.41, 5.74) is -0.468. The number of rotatable bonds is 4. The summed E-state index contributed by atoms with van der Waals surface area (Å²) in [4.78, 5) is 27.7. The van der Waals surface area contributed by atoms with Gasteiger partial charge in [0.25, 0.3) is 5.91 Å². The lowest BCUT2D eigenvalue weighted by atomic mass is 10.2. The highest BCUT2D eigenvalue weighted by atomic mass is 35.5. The molecule has 0 saturated heterocycles. The fourth-order valence-corrected chi connectivity index (χ4v) is 2.40. The van der Waals surface area contributed by atoms with Crippen molar-refractivity contribution in [2.24, 2.45) is 5.92 Å². The minimum absolute atomic E-state index is 0.0905. The lowest BCUT2D eigenvalue weighted by Gasteiger charge is -2.10. The standard InChI is InChI=1S/C16H11ClF3N3O2/c17-14-10(19)2-1-9(18)13(14)16(25)22-7-3-4-21-12(5-7)23-15(24)8-6-11(8)20/h1-5,8,11H,6H2,(H2,21,22,23,24,25)/t8-,11+/m1/s1. The first kappa shape index (κ1) is 17.2. The lowest BCUT2D eigenvalue weighted by molar-refractivity contribution is -0.117.